The zero-order valence-corrected chi connectivity index (χ0v) is 13.1. The molecule has 0 aliphatic rings. The Morgan fingerprint density at radius 1 is 1.36 bits per heavy atom. The Balaban J connectivity index is 2.14. The van der Waals surface area contributed by atoms with Crippen molar-refractivity contribution in [1.82, 2.24) is 15.0 Å². The topological polar surface area (TPSA) is 83.1 Å². The molecule has 2 aromatic heterocycles. The number of hydrogen-bond acceptors (Lipinski definition) is 5. The lowest BCUT2D eigenvalue weighted by Gasteiger charge is -2.12. The van der Waals surface area contributed by atoms with E-state index in [9.17, 15) is 4.55 Å². The number of nitrogens with zero attached hydrogens (tertiary/aromatic N) is 2. The van der Waals surface area contributed by atoms with E-state index in [0.29, 0.717) is 0 Å². The highest BCUT2D eigenvalue weighted by molar-refractivity contribution is 7.90. The number of rotatable bonds is 8. The van der Waals surface area contributed by atoms with Crippen molar-refractivity contribution < 1.29 is 38.7 Å². The summed E-state index contributed by atoms with van der Waals surface area (Å²) in [6, 6.07) is -3.50. The van der Waals surface area contributed by atoms with Gasteiger partial charge in [-0.15, -0.1) is 0 Å². The molecule has 25 heavy (non-hydrogen) atoms. The summed E-state index contributed by atoms with van der Waals surface area (Å²) in [5.74, 6) is -2.20. The molecule has 3 rings (SSSR count). The summed E-state index contributed by atoms with van der Waals surface area (Å²) in [7, 11) is -3.54. The number of ether oxygens (including phenoxy) is 2. The molecule has 132 valence electrons. The molecule has 0 amide bonds. The molecule has 1 atom stereocenters. The van der Waals surface area contributed by atoms with Crippen LogP contribution in [0.1, 0.15) is 42.3 Å². The number of benzene rings is 1. The van der Waals surface area contributed by atoms with E-state index in [1.54, 1.807) is 0 Å². The predicted octanol–water partition coefficient (Wildman–Crippen LogP) is 2.99. The third-order valence-electron chi connectivity index (χ3n) is 2.78. The van der Waals surface area contributed by atoms with Crippen LogP contribution in [0.4, 0.5) is 0 Å². The van der Waals surface area contributed by atoms with Crippen molar-refractivity contribution in [2.45, 2.75) is 24.1 Å². The summed E-state index contributed by atoms with van der Waals surface area (Å²) >= 11 is -2.41. The van der Waals surface area contributed by atoms with E-state index in [2.05, 4.69) is 19.7 Å². The molecule has 3 aromatic rings. The summed E-state index contributed by atoms with van der Waals surface area (Å²) < 4.78 is 162. The molecule has 1 aromatic carbocycles. The summed E-state index contributed by atoms with van der Waals surface area (Å²) in [6.45, 7) is -11.2. The van der Waals surface area contributed by atoms with Crippen molar-refractivity contribution >= 4 is 22.2 Å². The van der Waals surface area contributed by atoms with Crippen LogP contribution in [0.5, 0.6) is 5.75 Å². The van der Waals surface area contributed by atoms with Gasteiger partial charge in [0.2, 0.25) is 0 Å². The second-order valence-corrected chi connectivity index (χ2v) is 5.65. The molecule has 0 bridgehead atoms. The Hall–Kier alpha value is -2.09. The first-order chi connectivity index (χ1) is 19.2. The summed E-state index contributed by atoms with van der Waals surface area (Å²) in [5, 5.41) is -0.453. The second-order valence-electron chi connectivity index (χ2n) is 4.29. The molecule has 0 saturated carbocycles. The lowest BCUT2D eigenvalue weighted by atomic mass is 10.2. The van der Waals surface area contributed by atoms with Gasteiger partial charge >= 0.3 is 5.16 Å². The highest BCUT2D eigenvalue weighted by Crippen LogP contribution is 2.24. The Morgan fingerprint density at radius 3 is 3.16 bits per heavy atom. The molecular formula is C18H21N3O3S. The van der Waals surface area contributed by atoms with Crippen molar-refractivity contribution in [3.8, 4) is 5.75 Å². The van der Waals surface area contributed by atoms with Crippen molar-refractivity contribution in [2.24, 2.45) is 0 Å². The second kappa shape index (κ2) is 8.33. The van der Waals surface area contributed by atoms with Crippen LogP contribution in [-0.2, 0) is 21.7 Å². The third kappa shape index (κ3) is 4.31. The summed E-state index contributed by atoms with van der Waals surface area (Å²) in [6.07, 6.45) is -5.03. The molecule has 0 saturated heterocycles. The first kappa shape index (κ1) is 5.97. The zero-order valence-electron chi connectivity index (χ0n) is 30.2. The Labute approximate surface area is 175 Å². The average Bonchev–Trinajstić information content (AvgIpc) is 3.28. The average molecular weight is 378 g/mol. The SMILES string of the molecule is [2H]c1nc(C[S+]([O-])c2nc3c([2H])c([2H])c([2H])c([2H])c3[nH]2)c(C([2H])([2H])[2H])c(OC([2H])([2H])C([2H])([2H])C([2H])([2H])OC([2H])([2H])[2H])c1[2H]. The minimum absolute atomic E-state index is 0.214. The lowest BCUT2D eigenvalue weighted by molar-refractivity contribution is 0.172. The van der Waals surface area contributed by atoms with E-state index in [4.69, 9.17) is 29.4 Å². The minimum Gasteiger partial charge on any atom is -0.609 e. The van der Waals surface area contributed by atoms with Gasteiger partial charge < -0.3 is 14.0 Å². The van der Waals surface area contributed by atoms with E-state index in [1.165, 1.54) is 0 Å². The summed E-state index contributed by atoms with van der Waals surface area (Å²) in [4.78, 5) is 10.0. The Kier molecular flexibility index (Phi) is 1.99. The first-order valence-corrected chi connectivity index (χ1v) is 7.79. The van der Waals surface area contributed by atoms with Gasteiger partial charge in [0, 0.05) is 49.7 Å². The Bertz CT molecular complexity index is 1510. The van der Waals surface area contributed by atoms with Crippen LogP contribution < -0.4 is 4.74 Å². The van der Waals surface area contributed by atoms with Gasteiger partial charge in [-0.25, -0.2) is 0 Å². The monoisotopic (exact) mass is 377 g/mol. The highest BCUT2D eigenvalue weighted by Gasteiger charge is 2.20. The summed E-state index contributed by atoms with van der Waals surface area (Å²) in [5.41, 5.74) is -2.32. The van der Waals surface area contributed by atoms with Gasteiger partial charge in [-0.3, -0.25) is 9.97 Å². The van der Waals surface area contributed by atoms with Crippen molar-refractivity contribution in [1.29, 1.82) is 0 Å². The van der Waals surface area contributed by atoms with E-state index in [0.717, 1.165) is 0 Å². The standard InChI is InChI=1S/C18H21N3O3S/c1-13-16(19-9-8-17(13)24-11-5-10-23-2)12-25(22)18-20-14-6-3-4-7-15(14)21-18/h3-4,6-9H,5,10-12H2,1-2H3,(H,20,21)/i1D3,2D3,3D,4D,5D2,6D,7D,8D,9D,10D2,11D2. The number of aromatic nitrogens is 3. The predicted molar refractivity (Wildman–Crippen MR) is 97.2 cm³/mol. The number of imidazole rings is 1. The molecule has 0 aliphatic heterocycles. The van der Waals surface area contributed by atoms with Gasteiger partial charge in [0.25, 0.3) is 0 Å². The van der Waals surface area contributed by atoms with Crippen LogP contribution in [0.3, 0.4) is 0 Å². The molecule has 0 aliphatic carbocycles. The van der Waals surface area contributed by atoms with Crippen LogP contribution in [0.15, 0.2) is 41.5 Å². The fourth-order valence-electron chi connectivity index (χ4n) is 1.72. The van der Waals surface area contributed by atoms with Crippen molar-refractivity contribution in [3.05, 3.63) is 47.6 Å². The molecule has 7 heteroatoms. The largest absolute Gasteiger partial charge is 0.609 e. The molecule has 1 unspecified atom stereocenters. The van der Waals surface area contributed by atoms with Crippen LogP contribution in [0, 0.1) is 6.85 Å². The number of H-pyrrole nitrogens is 1. The van der Waals surface area contributed by atoms with Gasteiger partial charge in [0.1, 0.15) is 5.75 Å². The van der Waals surface area contributed by atoms with Crippen LogP contribution >= 0.6 is 0 Å². The molecule has 1 N–H and O–H groups in total. The normalized spacial score (nSPS) is 25.6. The molecule has 0 radical (unpaired) electrons. The minimum atomic E-state index is -3.98. The van der Waals surface area contributed by atoms with Gasteiger partial charge in [-0.2, -0.15) is 4.98 Å². The number of fused-ring (bicyclic) bond motifs is 1. The fraction of sp³-hybridized carbons (Fsp3) is 0.333. The third-order valence-corrected chi connectivity index (χ3v) is 3.94. The maximum absolute atomic E-state index is 13.2. The van der Waals surface area contributed by atoms with Crippen LogP contribution in [-0.4, -0.2) is 39.7 Å². The number of para-hydroxylation sites is 2. The number of pyridine rings is 1. The zero-order chi connectivity index (χ0) is 33.2. The molecule has 0 fully saturated rings. The van der Waals surface area contributed by atoms with E-state index in [-0.39, 0.29) is 11.0 Å². The highest BCUT2D eigenvalue weighted by atomic mass is 32.2. The van der Waals surface area contributed by atoms with Gasteiger partial charge in [-0.1, -0.05) is 12.1 Å². The number of methoxy groups -OCH3 is 1. The quantitative estimate of drug-likeness (QED) is 0.610. The van der Waals surface area contributed by atoms with E-state index >= 15 is 0 Å². The molecular weight excluding hydrogens is 338 g/mol. The van der Waals surface area contributed by atoms with Gasteiger partial charge in [0.05, 0.1) is 41.1 Å². The lowest BCUT2D eigenvalue weighted by Crippen LogP contribution is -2.10. The van der Waals surface area contributed by atoms with Crippen molar-refractivity contribution in [3.63, 3.8) is 0 Å². The molecule has 0 spiro atoms. The first-order valence-electron chi connectivity index (χ1n) is 15.5. The number of nitrogens with one attached hydrogen (secondary N) is 1. The maximum Gasteiger partial charge on any atom is 0.322 e. The van der Waals surface area contributed by atoms with E-state index in [1.807, 2.05) is 0 Å². The smallest absolute Gasteiger partial charge is 0.322 e. The molecule has 6 nitrogen and oxygen atoms in total. The van der Waals surface area contributed by atoms with Crippen LogP contribution in [0.25, 0.3) is 11.0 Å². The Morgan fingerprint density at radius 2 is 2.28 bits per heavy atom. The maximum atomic E-state index is 13.2. The number of aromatic amines is 1. The van der Waals surface area contributed by atoms with Crippen LogP contribution in [0.2, 0.25) is 0 Å². The van der Waals surface area contributed by atoms with Gasteiger partial charge in [0.15, 0.2) is 5.75 Å². The van der Waals surface area contributed by atoms with Gasteiger partial charge in [-0.05, 0) is 25.0 Å². The number of hydrogen-bond donors (Lipinski definition) is 1. The van der Waals surface area contributed by atoms with E-state index < -0.39 is 109 Å². The van der Waals surface area contributed by atoms with Crippen molar-refractivity contribution in [2.75, 3.05) is 20.2 Å². The fourth-order valence-corrected chi connectivity index (χ4v) is 2.72. The molecule has 2 heterocycles.